The molecule has 0 saturated heterocycles. The number of hydrogen-bond donors (Lipinski definition) is 0. The van der Waals surface area contributed by atoms with Crippen LogP contribution in [0.3, 0.4) is 0 Å². The summed E-state index contributed by atoms with van der Waals surface area (Å²) in [5.74, 6) is 7.00. The second-order valence-electron chi connectivity index (χ2n) is 14.5. The van der Waals surface area contributed by atoms with E-state index in [1.54, 1.807) is 0 Å². The van der Waals surface area contributed by atoms with E-state index in [1.165, 1.54) is 91.3 Å². The third kappa shape index (κ3) is 6.41. The van der Waals surface area contributed by atoms with Gasteiger partial charge in [0.1, 0.15) is 16.1 Å². The number of aryl methyl sites for hydroxylation is 1. The van der Waals surface area contributed by atoms with Crippen molar-refractivity contribution in [2.24, 2.45) is 0 Å². The van der Waals surface area contributed by atoms with Gasteiger partial charge in [-0.15, -0.1) is 22.4 Å². The van der Waals surface area contributed by atoms with E-state index < -0.39 is 16.1 Å². The molecule has 0 fully saturated rings. The van der Waals surface area contributed by atoms with Crippen LogP contribution in [0.1, 0.15) is 56.6 Å². The summed E-state index contributed by atoms with van der Waals surface area (Å²) < 4.78 is 5.33. The van der Waals surface area contributed by atoms with Crippen LogP contribution in [0.15, 0.2) is 60.7 Å². The molecule has 0 aliphatic rings. The van der Waals surface area contributed by atoms with Crippen LogP contribution in [0.4, 0.5) is 0 Å². The number of rotatable bonds is 7. The van der Waals surface area contributed by atoms with Gasteiger partial charge in [-0.2, -0.15) is 0 Å². The standard InChI is InChI=1S/C40H45NSSi2/c1-8-9-10-11-12-13-24-41-37-27-29(22-25-43(2,3)4)14-16-31(37)33-18-21-36-34(39(33)41)19-20-35-32-17-15-30(23-26-44(5,6)7)28-38(32)42-40(35)36/h14-21,27-28H,8-13,24H2,1-7H3. The van der Waals surface area contributed by atoms with Gasteiger partial charge in [-0.3, -0.25) is 0 Å². The van der Waals surface area contributed by atoms with Gasteiger partial charge in [-0.1, -0.05) is 127 Å². The maximum Gasteiger partial charge on any atom is 0.129 e. The number of thiophene rings is 1. The highest BCUT2D eigenvalue weighted by Gasteiger charge is 2.17. The van der Waals surface area contributed by atoms with Gasteiger partial charge >= 0.3 is 0 Å². The van der Waals surface area contributed by atoms with Crippen molar-refractivity contribution in [3.63, 3.8) is 0 Å². The molecule has 0 aliphatic heterocycles. The molecule has 0 amide bonds. The van der Waals surface area contributed by atoms with E-state index in [1.807, 2.05) is 11.3 Å². The lowest BCUT2D eigenvalue weighted by Gasteiger charge is -2.10. The van der Waals surface area contributed by atoms with Crippen molar-refractivity contribution in [3.05, 3.63) is 71.8 Å². The molecule has 0 atom stereocenters. The first-order chi connectivity index (χ1) is 21.0. The van der Waals surface area contributed by atoms with Crippen molar-refractivity contribution in [1.82, 2.24) is 4.57 Å². The number of benzene rings is 4. The average Bonchev–Trinajstić information content (AvgIpc) is 3.51. The summed E-state index contributed by atoms with van der Waals surface area (Å²) >= 11 is 1.92. The summed E-state index contributed by atoms with van der Waals surface area (Å²) in [5.41, 5.74) is 12.1. The van der Waals surface area contributed by atoms with E-state index in [2.05, 4.69) is 134 Å². The summed E-state index contributed by atoms with van der Waals surface area (Å²) in [4.78, 5) is 0. The molecule has 6 rings (SSSR count). The number of nitrogens with zero attached hydrogens (tertiary/aromatic N) is 1. The van der Waals surface area contributed by atoms with E-state index >= 15 is 0 Å². The van der Waals surface area contributed by atoms with Crippen LogP contribution >= 0.6 is 11.3 Å². The SMILES string of the molecule is CCCCCCCCn1c2cc(C#C[Si](C)(C)C)ccc2c2ccc3c(ccc4c5ccc(C#C[Si](C)(C)C)cc5sc43)c21. The molecule has 4 heteroatoms. The Bertz CT molecular complexity index is 2140. The number of hydrogen-bond acceptors (Lipinski definition) is 1. The maximum absolute atomic E-state index is 3.58. The lowest BCUT2D eigenvalue weighted by Crippen LogP contribution is -2.16. The normalized spacial score (nSPS) is 12.2. The third-order valence-electron chi connectivity index (χ3n) is 8.35. The van der Waals surface area contributed by atoms with Crippen LogP contribution in [0, 0.1) is 22.9 Å². The summed E-state index contributed by atoms with van der Waals surface area (Å²) in [7, 11) is -2.88. The molecule has 44 heavy (non-hydrogen) atoms. The molecule has 0 bridgehead atoms. The first-order valence-corrected chi connectivity index (χ1v) is 24.2. The van der Waals surface area contributed by atoms with E-state index in [9.17, 15) is 0 Å². The van der Waals surface area contributed by atoms with Crippen molar-refractivity contribution in [3.8, 4) is 22.9 Å². The molecule has 0 aliphatic carbocycles. The van der Waals surface area contributed by atoms with Gasteiger partial charge in [-0.05, 0) is 30.7 Å². The predicted molar refractivity (Wildman–Crippen MR) is 204 cm³/mol. The Morgan fingerprint density at radius 2 is 1.11 bits per heavy atom. The molecule has 0 spiro atoms. The Morgan fingerprint density at radius 3 is 1.77 bits per heavy atom. The quantitative estimate of drug-likeness (QED) is 0.0942. The molecule has 2 aromatic heterocycles. The van der Waals surface area contributed by atoms with Gasteiger partial charge in [0.05, 0.1) is 11.0 Å². The number of unbranched alkanes of at least 4 members (excludes halogenated alkanes) is 5. The van der Waals surface area contributed by atoms with Crippen molar-refractivity contribution in [2.45, 2.75) is 91.3 Å². The van der Waals surface area contributed by atoms with Crippen molar-refractivity contribution in [1.29, 1.82) is 0 Å². The Kier molecular flexibility index (Phi) is 8.55. The predicted octanol–water partition coefficient (Wildman–Crippen LogP) is 12.1. The molecule has 0 saturated carbocycles. The van der Waals surface area contributed by atoms with Crippen LogP contribution in [0.2, 0.25) is 39.3 Å². The van der Waals surface area contributed by atoms with Gasteiger partial charge in [0.25, 0.3) is 0 Å². The Balaban J connectivity index is 1.52. The highest BCUT2D eigenvalue weighted by Crippen LogP contribution is 2.42. The Labute approximate surface area is 269 Å². The average molecular weight is 628 g/mol. The van der Waals surface area contributed by atoms with Gasteiger partial charge in [0.15, 0.2) is 0 Å². The minimum Gasteiger partial charge on any atom is -0.340 e. The third-order valence-corrected chi connectivity index (χ3v) is 11.3. The molecule has 0 unspecified atom stereocenters. The summed E-state index contributed by atoms with van der Waals surface area (Å²) in [6, 6.07) is 23.2. The Hall–Kier alpha value is -3.29. The summed E-state index contributed by atoms with van der Waals surface area (Å²) in [6.07, 6.45) is 7.79. The van der Waals surface area contributed by atoms with Gasteiger partial charge in [0.2, 0.25) is 0 Å². The molecular weight excluding hydrogens is 583 g/mol. The van der Waals surface area contributed by atoms with Crippen LogP contribution in [0.25, 0.3) is 52.8 Å². The highest BCUT2D eigenvalue weighted by atomic mass is 32.1. The molecule has 2 heterocycles. The van der Waals surface area contributed by atoms with Gasteiger partial charge < -0.3 is 4.57 Å². The monoisotopic (exact) mass is 627 g/mol. The van der Waals surface area contributed by atoms with Crippen LogP contribution in [-0.4, -0.2) is 20.7 Å². The minimum absolute atomic E-state index is 1.04. The lowest BCUT2D eigenvalue weighted by molar-refractivity contribution is 0.571. The smallest absolute Gasteiger partial charge is 0.129 e. The molecule has 0 radical (unpaired) electrons. The molecule has 0 N–H and O–H groups in total. The summed E-state index contributed by atoms with van der Waals surface area (Å²) in [6.45, 7) is 17.2. The van der Waals surface area contributed by atoms with Gasteiger partial charge in [0, 0.05) is 59.4 Å². The van der Waals surface area contributed by atoms with Gasteiger partial charge in [-0.25, -0.2) is 0 Å². The lowest BCUT2D eigenvalue weighted by atomic mass is 10.0. The number of aromatic nitrogens is 1. The molecule has 6 aromatic rings. The second kappa shape index (κ2) is 12.2. The van der Waals surface area contributed by atoms with Crippen molar-refractivity contribution < 1.29 is 0 Å². The fourth-order valence-corrected chi connectivity index (χ4v) is 8.50. The van der Waals surface area contributed by atoms with E-state index in [0.29, 0.717) is 0 Å². The summed E-state index contributed by atoms with van der Waals surface area (Å²) in [5, 5.41) is 8.10. The minimum atomic E-state index is -1.46. The fraction of sp³-hybridized carbons (Fsp3) is 0.350. The zero-order valence-electron chi connectivity index (χ0n) is 27.6. The first-order valence-electron chi connectivity index (χ1n) is 16.4. The molecule has 1 nitrogen and oxygen atoms in total. The van der Waals surface area contributed by atoms with E-state index in [0.717, 1.165) is 17.7 Å². The van der Waals surface area contributed by atoms with Crippen LogP contribution < -0.4 is 0 Å². The number of fused-ring (bicyclic) bond motifs is 9. The fourth-order valence-electron chi connectivity index (χ4n) is 6.19. The maximum atomic E-state index is 3.58. The van der Waals surface area contributed by atoms with Crippen LogP contribution in [-0.2, 0) is 6.54 Å². The topological polar surface area (TPSA) is 4.93 Å². The zero-order valence-corrected chi connectivity index (χ0v) is 30.4. The molecule has 224 valence electrons. The molecular formula is C40H45NSSi2. The van der Waals surface area contributed by atoms with E-state index in [-0.39, 0.29) is 0 Å². The van der Waals surface area contributed by atoms with Crippen LogP contribution in [0.5, 0.6) is 0 Å². The van der Waals surface area contributed by atoms with Crippen molar-refractivity contribution in [2.75, 3.05) is 0 Å². The van der Waals surface area contributed by atoms with E-state index in [4.69, 9.17) is 0 Å². The van der Waals surface area contributed by atoms with Crippen molar-refractivity contribution >= 4 is 80.2 Å². The Morgan fingerprint density at radius 1 is 0.591 bits per heavy atom. The highest BCUT2D eigenvalue weighted by molar-refractivity contribution is 7.26. The second-order valence-corrected chi connectivity index (χ2v) is 25.0. The zero-order chi connectivity index (χ0) is 31.1. The largest absolute Gasteiger partial charge is 0.340 e. The molecule has 4 aromatic carbocycles. The first kappa shape index (κ1) is 30.7.